The van der Waals surface area contributed by atoms with E-state index in [2.05, 4.69) is 74.6 Å². The molecule has 0 aromatic carbocycles. The van der Waals surface area contributed by atoms with Crippen LogP contribution in [0.3, 0.4) is 0 Å². The van der Waals surface area contributed by atoms with E-state index in [9.17, 15) is 14.7 Å². The molecule has 0 aliphatic heterocycles. The topological polar surface area (TPSA) is 72.8 Å². The molecule has 0 fully saturated rings. The summed E-state index contributed by atoms with van der Waals surface area (Å²) in [6, 6.07) is 0. The third-order valence-corrected chi connectivity index (χ3v) is 7.83. The number of esters is 2. The van der Waals surface area contributed by atoms with Crippen LogP contribution in [-0.4, -0.2) is 36.4 Å². The Balaban J connectivity index is 3.66. The van der Waals surface area contributed by atoms with E-state index in [0.717, 1.165) is 77.0 Å². The van der Waals surface area contributed by atoms with Gasteiger partial charge in [-0.15, -0.1) is 0 Å². The van der Waals surface area contributed by atoms with Gasteiger partial charge in [0.15, 0.2) is 6.10 Å². The second-order valence-corrected chi connectivity index (χ2v) is 12.3. The van der Waals surface area contributed by atoms with Crippen molar-refractivity contribution >= 4 is 11.9 Å². The van der Waals surface area contributed by atoms with Crippen LogP contribution in [-0.2, 0) is 19.1 Å². The first-order valence-electron chi connectivity index (χ1n) is 18.8. The molecule has 1 atom stereocenters. The summed E-state index contributed by atoms with van der Waals surface area (Å²) in [6.45, 7) is 3.98. The lowest BCUT2D eigenvalue weighted by molar-refractivity contribution is -0.161. The van der Waals surface area contributed by atoms with Crippen molar-refractivity contribution in [2.45, 2.75) is 174 Å². The van der Waals surface area contributed by atoms with Crippen molar-refractivity contribution in [1.82, 2.24) is 0 Å². The standard InChI is InChI=1S/C41H70O5/c1-3-5-7-9-11-13-15-17-18-19-20-21-22-24-26-28-30-32-34-36-41(44)46-39(37-42)38-45-40(43)35-33-31-29-27-25-23-16-14-12-10-8-6-4-2/h5,7,11,13,17-18,20-21,24,26,39,42H,3-4,6,8-10,12,14-16,19,22-23,25,27-38H2,1-2H3/t39-/m0/s1. The molecule has 46 heavy (non-hydrogen) atoms. The molecule has 0 bridgehead atoms. The van der Waals surface area contributed by atoms with E-state index in [0.29, 0.717) is 12.8 Å². The van der Waals surface area contributed by atoms with E-state index in [-0.39, 0.29) is 25.2 Å². The second-order valence-electron chi connectivity index (χ2n) is 12.3. The van der Waals surface area contributed by atoms with Crippen molar-refractivity contribution in [3.05, 3.63) is 60.8 Å². The summed E-state index contributed by atoms with van der Waals surface area (Å²) in [7, 11) is 0. The van der Waals surface area contributed by atoms with Crippen LogP contribution in [0.25, 0.3) is 0 Å². The second kappa shape index (κ2) is 37.1. The number of carbonyl (C=O) groups is 2. The molecule has 0 saturated heterocycles. The molecule has 0 spiro atoms. The Morgan fingerprint density at radius 2 is 0.935 bits per heavy atom. The number of hydrogen-bond acceptors (Lipinski definition) is 5. The van der Waals surface area contributed by atoms with Crippen LogP contribution in [0.2, 0.25) is 0 Å². The van der Waals surface area contributed by atoms with Gasteiger partial charge in [0, 0.05) is 12.8 Å². The summed E-state index contributed by atoms with van der Waals surface area (Å²) in [6.07, 6.45) is 47.0. The van der Waals surface area contributed by atoms with Gasteiger partial charge >= 0.3 is 11.9 Å². The SMILES string of the molecule is CCC=CCC=CCC=CCC=CCC=CCCCCCC(=O)O[C@@H](CO)COC(=O)CCCCCCCCCCCCCCC. The quantitative estimate of drug-likeness (QED) is 0.0438. The van der Waals surface area contributed by atoms with Crippen molar-refractivity contribution in [3.63, 3.8) is 0 Å². The largest absolute Gasteiger partial charge is 0.462 e. The van der Waals surface area contributed by atoms with Crippen LogP contribution in [0.1, 0.15) is 168 Å². The van der Waals surface area contributed by atoms with Gasteiger partial charge in [-0.25, -0.2) is 0 Å². The minimum Gasteiger partial charge on any atom is -0.462 e. The third-order valence-electron chi connectivity index (χ3n) is 7.83. The lowest BCUT2D eigenvalue weighted by Crippen LogP contribution is -2.28. The molecular weight excluding hydrogens is 572 g/mol. The van der Waals surface area contributed by atoms with E-state index in [4.69, 9.17) is 9.47 Å². The van der Waals surface area contributed by atoms with Crippen molar-refractivity contribution in [1.29, 1.82) is 0 Å². The monoisotopic (exact) mass is 643 g/mol. The predicted molar refractivity (Wildman–Crippen MR) is 196 cm³/mol. The molecule has 0 aliphatic rings. The van der Waals surface area contributed by atoms with Gasteiger partial charge in [0.25, 0.3) is 0 Å². The smallest absolute Gasteiger partial charge is 0.306 e. The number of unbranched alkanes of at least 4 members (excludes halogenated alkanes) is 15. The summed E-state index contributed by atoms with van der Waals surface area (Å²) in [4.78, 5) is 24.2. The molecule has 1 N–H and O–H groups in total. The lowest BCUT2D eigenvalue weighted by atomic mass is 10.0. The average Bonchev–Trinajstić information content (AvgIpc) is 3.06. The van der Waals surface area contributed by atoms with E-state index < -0.39 is 6.10 Å². The first-order chi connectivity index (χ1) is 22.6. The van der Waals surface area contributed by atoms with Crippen molar-refractivity contribution in [2.75, 3.05) is 13.2 Å². The van der Waals surface area contributed by atoms with Gasteiger partial charge in [-0.05, 0) is 57.8 Å². The maximum Gasteiger partial charge on any atom is 0.306 e. The zero-order valence-corrected chi connectivity index (χ0v) is 29.8. The molecule has 0 heterocycles. The number of aliphatic hydroxyl groups is 1. The van der Waals surface area contributed by atoms with E-state index in [1.165, 1.54) is 64.2 Å². The van der Waals surface area contributed by atoms with Crippen LogP contribution in [0.5, 0.6) is 0 Å². The molecule has 0 amide bonds. The molecule has 0 aromatic heterocycles. The van der Waals surface area contributed by atoms with Gasteiger partial charge in [0.05, 0.1) is 6.61 Å². The zero-order valence-electron chi connectivity index (χ0n) is 29.8. The van der Waals surface area contributed by atoms with Crippen LogP contribution in [0.4, 0.5) is 0 Å². The van der Waals surface area contributed by atoms with Crippen molar-refractivity contribution in [2.24, 2.45) is 0 Å². The van der Waals surface area contributed by atoms with Crippen LogP contribution >= 0.6 is 0 Å². The molecule has 0 saturated carbocycles. The minimum atomic E-state index is -0.788. The Bertz CT molecular complexity index is 823. The maximum atomic E-state index is 12.1. The Hall–Kier alpha value is -2.40. The molecular formula is C41H70O5. The highest BCUT2D eigenvalue weighted by molar-refractivity contribution is 5.70. The fraction of sp³-hybridized carbons (Fsp3) is 0.707. The van der Waals surface area contributed by atoms with Crippen LogP contribution < -0.4 is 0 Å². The summed E-state index contributed by atoms with van der Waals surface area (Å²) in [5.41, 5.74) is 0. The van der Waals surface area contributed by atoms with Gasteiger partial charge in [0.2, 0.25) is 0 Å². The summed E-state index contributed by atoms with van der Waals surface area (Å²) < 4.78 is 10.6. The molecule has 0 unspecified atom stereocenters. The highest BCUT2D eigenvalue weighted by atomic mass is 16.6. The van der Waals surface area contributed by atoms with Gasteiger partial charge in [-0.1, -0.05) is 158 Å². The summed E-state index contributed by atoms with van der Waals surface area (Å²) in [5, 5.41) is 9.53. The van der Waals surface area contributed by atoms with Gasteiger partial charge in [-0.3, -0.25) is 9.59 Å². The number of carbonyl (C=O) groups excluding carboxylic acids is 2. The summed E-state index contributed by atoms with van der Waals surface area (Å²) >= 11 is 0. The molecule has 0 aliphatic carbocycles. The Kier molecular flexibility index (Phi) is 35.1. The maximum absolute atomic E-state index is 12.1. The fourth-order valence-corrected chi connectivity index (χ4v) is 4.99. The normalized spacial score (nSPS) is 12.8. The number of hydrogen-bond donors (Lipinski definition) is 1. The van der Waals surface area contributed by atoms with Gasteiger partial charge < -0.3 is 14.6 Å². The highest BCUT2D eigenvalue weighted by Gasteiger charge is 2.16. The molecule has 0 rings (SSSR count). The Morgan fingerprint density at radius 1 is 0.522 bits per heavy atom. The van der Waals surface area contributed by atoms with Crippen LogP contribution in [0.15, 0.2) is 60.8 Å². The Morgan fingerprint density at radius 3 is 1.41 bits per heavy atom. The minimum absolute atomic E-state index is 0.0798. The number of ether oxygens (including phenoxy) is 2. The average molecular weight is 643 g/mol. The van der Waals surface area contributed by atoms with Crippen molar-refractivity contribution in [3.8, 4) is 0 Å². The molecule has 0 aromatic rings. The first kappa shape index (κ1) is 43.6. The zero-order chi connectivity index (χ0) is 33.6. The van der Waals surface area contributed by atoms with Crippen LogP contribution in [0, 0.1) is 0 Å². The van der Waals surface area contributed by atoms with Gasteiger partial charge in [0.1, 0.15) is 6.61 Å². The highest BCUT2D eigenvalue weighted by Crippen LogP contribution is 2.13. The number of allylic oxidation sites excluding steroid dienone is 10. The summed E-state index contributed by atoms with van der Waals surface area (Å²) in [5.74, 6) is -0.630. The molecule has 0 radical (unpaired) electrons. The number of aliphatic hydroxyl groups excluding tert-OH is 1. The Labute approximate surface area is 283 Å². The predicted octanol–water partition coefficient (Wildman–Crippen LogP) is 11.6. The first-order valence-corrected chi connectivity index (χ1v) is 18.8. The van der Waals surface area contributed by atoms with E-state index in [1.54, 1.807) is 0 Å². The lowest BCUT2D eigenvalue weighted by Gasteiger charge is -2.15. The fourth-order valence-electron chi connectivity index (χ4n) is 4.99. The van der Waals surface area contributed by atoms with E-state index in [1.807, 2.05) is 0 Å². The molecule has 5 nitrogen and oxygen atoms in total. The van der Waals surface area contributed by atoms with Crippen molar-refractivity contribution < 1.29 is 24.2 Å². The molecule has 5 heteroatoms. The number of rotatable bonds is 33. The third kappa shape index (κ3) is 34.5. The van der Waals surface area contributed by atoms with E-state index >= 15 is 0 Å². The molecule has 264 valence electrons. The van der Waals surface area contributed by atoms with Gasteiger partial charge in [-0.2, -0.15) is 0 Å².